The molecule has 0 saturated carbocycles. The van der Waals surface area contributed by atoms with Gasteiger partial charge in [0.2, 0.25) is 0 Å². The van der Waals surface area contributed by atoms with Crippen molar-refractivity contribution >= 4 is 11.8 Å². The van der Waals surface area contributed by atoms with Crippen LogP contribution in [0.5, 0.6) is 17.2 Å². The number of aromatic hydroxyl groups is 2. The van der Waals surface area contributed by atoms with Gasteiger partial charge in [0.25, 0.3) is 1.43 Å². The van der Waals surface area contributed by atoms with Crippen LogP contribution in [-0.4, -0.2) is 11.6 Å². The van der Waals surface area contributed by atoms with Crippen LogP contribution in [0.25, 0.3) is 0 Å². The van der Waals surface area contributed by atoms with Gasteiger partial charge in [0, 0.05) is 0 Å². The molecule has 0 aromatic heterocycles. The van der Waals surface area contributed by atoms with E-state index in [1.165, 1.54) is 5.56 Å². The highest BCUT2D eigenvalue weighted by Crippen LogP contribution is 2.53. The number of rotatable bonds is 3. The molecule has 126 valence electrons. The summed E-state index contributed by atoms with van der Waals surface area (Å²) >= 11 is 1.75. The maximum absolute atomic E-state index is 9.61. The monoisotopic (exact) mass is 352 g/mol. The van der Waals surface area contributed by atoms with Crippen LogP contribution in [0.2, 0.25) is 0 Å². The fourth-order valence-electron chi connectivity index (χ4n) is 3.04. The van der Waals surface area contributed by atoms with E-state index in [2.05, 4.69) is 18.1 Å². The Morgan fingerprint density at radius 1 is 0.960 bits per heavy atom. The van der Waals surface area contributed by atoms with Gasteiger partial charge in [-0.1, -0.05) is 30.3 Å². The maximum Gasteiger partial charge on any atom is 0.293 e. The molecule has 0 bridgehead atoms. The molecule has 0 amide bonds. The average Bonchev–Trinajstić information content (AvgIpc) is 2.67. The third-order valence-electron chi connectivity index (χ3n) is 4.29. The molecule has 2 N–H and O–H groups in total. The van der Waals surface area contributed by atoms with Crippen molar-refractivity contribution in [1.29, 1.82) is 1.43 Å². The molecule has 4 heteroatoms. The second kappa shape index (κ2) is 6.37. The smallest absolute Gasteiger partial charge is 0.293 e. The van der Waals surface area contributed by atoms with Crippen LogP contribution in [0.15, 0.2) is 71.6 Å². The maximum atomic E-state index is 9.61. The first kappa shape index (κ1) is 14.7. The second-order valence-electron chi connectivity index (χ2n) is 6.19. The summed E-state index contributed by atoms with van der Waals surface area (Å²) in [6.07, 6.45) is -0.211. The first-order valence-corrected chi connectivity index (χ1v) is 8.98. The van der Waals surface area contributed by atoms with E-state index in [0.29, 0.717) is 5.75 Å². The van der Waals surface area contributed by atoms with E-state index in [1.807, 2.05) is 42.5 Å². The first-order valence-electron chi connectivity index (χ1n) is 8.51. The molecule has 0 unspecified atom stereocenters. The lowest BCUT2D eigenvalue weighted by Gasteiger charge is -2.34. The Morgan fingerprint density at radius 3 is 2.60 bits per heavy atom. The fourth-order valence-corrected chi connectivity index (χ4v) is 4.42. The summed E-state index contributed by atoms with van der Waals surface area (Å²) in [6, 6.07) is 20.9. The van der Waals surface area contributed by atoms with Gasteiger partial charge >= 0.3 is 0 Å². The number of phenols is 2. The van der Waals surface area contributed by atoms with Gasteiger partial charge in [-0.15, -0.1) is 11.8 Å². The molecule has 0 aliphatic carbocycles. The Balaban J connectivity index is 1.79. The van der Waals surface area contributed by atoms with Crippen molar-refractivity contribution in [3.05, 3.63) is 83.4 Å². The standard InChI is InChI=1S/C21H18O3S/c1-13-5-10-18-19(11-13)25-21(15-3-2-4-17(23)12-15)20(24-18)14-6-8-16(22)9-7-14/h2-12,20-23H,1H3/t20-,21+/m1/s1/i/hT. The normalized spacial score (nSPS) is 19.5. The number of phenolic OH excluding ortho intramolecular Hbond substituents is 2. The van der Waals surface area contributed by atoms with Gasteiger partial charge in [0.1, 0.15) is 23.4 Å². The quantitative estimate of drug-likeness (QED) is 0.665. The molecular formula is C21H18O3S. The number of benzene rings is 3. The van der Waals surface area contributed by atoms with Gasteiger partial charge in [-0.2, -0.15) is 0 Å². The molecule has 3 aromatic rings. The summed E-state index contributed by atoms with van der Waals surface area (Å²) in [4.78, 5) is 1.10. The summed E-state index contributed by atoms with van der Waals surface area (Å²) < 4.78 is 13.5. The molecule has 25 heavy (non-hydrogen) atoms. The molecule has 1 aliphatic rings. The highest BCUT2D eigenvalue weighted by molar-refractivity contribution is 7.99. The number of fused-ring (bicyclic) bond motifs is 1. The fraction of sp³-hybridized carbons (Fsp3) is 0.143. The summed E-state index contributed by atoms with van der Waals surface area (Å²) in [7, 11) is 0. The number of hydrogen-bond donors (Lipinski definition) is 2. The molecule has 2 atom stereocenters. The zero-order chi connectivity index (χ0) is 18.1. The molecule has 4 rings (SSSR count). The predicted octanol–water partition coefficient (Wildman–Crippen LogP) is 5.37. The minimum absolute atomic E-state index is 0.00365. The van der Waals surface area contributed by atoms with Gasteiger partial charge < -0.3 is 15.0 Å². The predicted molar refractivity (Wildman–Crippen MR) is 99.4 cm³/mol. The Hall–Kier alpha value is -2.59. The number of hydrogen-bond acceptors (Lipinski definition) is 4. The van der Waals surface area contributed by atoms with E-state index in [0.717, 1.165) is 21.8 Å². The van der Waals surface area contributed by atoms with Crippen LogP contribution in [0, 0.1) is 6.92 Å². The van der Waals surface area contributed by atoms with E-state index in [4.69, 9.17) is 6.17 Å². The summed E-state index contributed by atoms with van der Waals surface area (Å²) in [5, 5.41) is 14.3. The van der Waals surface area contributed by atoms with Crippen LogP contribution in [0.3, 0.4) is 0 Å². The lowest BCUT2D eigenvalue weighted by molar-refractivity contribution is 0.190. The molecule has 1 aliphatic heterocycles. The van der Waals surface area contributed by atoms with Crippen molar-refractivity contribution in [2.24, 2.45) is 0 Å². The molecule has 1 heterocycles. The first-order chi connectivity index (χ1) is 12.6. The molecular weight excluding hydrogens is 332 g/mol. The summed E-state index contributed by atoms with van der Waals surface area (Å²) in [6.45, 7) is 2.07. The SMILES string of the molecule is [3H]Oc1cccc([C@@H]2Sc3cc(C)ccc3O[C@@H]2c2ccc(O)cc2)c1. The van der Waals surface area contributed by atoms with Gasteiger partial charge in [-0.3, -0.25) is 0 Å². The van der Waals surface area contributed by atoms with E-state index < -0.39 is 0 Å². The van der Waals surface area contributed by atoms with Crippen molar-refractivity contribution in [1.82, 2.24) is 0 Å². The third-order valence-corrected chi connectivity index (χ3v) is 5.64. The highest BCUT2D eigenvalue weighted by Gasteiger charge is 2.33. The molecule has 0 radical (unpaired) electrons. The van der Waals surface area contributed by atoms with Crippen LogP contribution < -0.4 is 4.74 Å². The largest absolute Gasteiger partial charge is 0.508 e. The summed E-state index contributed by atoms with van der Waals surface area (Å²) in [5.74, 6) is 1.60. The van der Waals surface area contributed by atoms with Crippen molar-refractivity contribution in [3.8, 4) is 17.2 Å². The average molecular weight is 352 g/mol. The van der Waals surface area contributed by atoms with Gasteiger partial charge in [-0.25, -0.2) is 0 Å². The van der Waals surface area contributed by atoms with E-state index >= 15 is 0 Å². The lowest BCUT2D eigenvalue weighted by Crippen LogP contribution is -2.19. The third kappa shape index (κ3) is 3.17. The van der Waals surface area contributed by atoms with Crippen molar-refractivity contribution in [2.75, 3.05) is 0 Å². The molecule has 3 nitrogen and oxygen atoms in total. The number of ether oxygens (including phenoxy) is 1. The molecule has 0 fully saturated rings. The highest BCUT2D eigenvalue weighted by atomic mass is 32.2. The molecule has 3 aromatic carbocycles. The van der Waals surface area contributed by atoms with Gasteiger partial charge in [0.05, 0.1) is 10.1 Å². The van der Waals surface area contributed by atoms with Crippen LogP contribution in [0.4, 0.5) is 0 Å². The van der Waals surface area contributed by atoms with E-state index in [9.17, 15) is 5.11 Å². The molecule has 0 spiro atoms. The van der Waals surface area contributed by atoms with Crippen molar-refractivity contribution < 1.29 is 15.0 Å². The van der Waals surface area contributed by atoms with Crippen LogP contribution in [0.1, 0.15) is 28.0 Å². The van der Waals surface area contributed by atoms with E-state index in [1.54, 1.807) is 30.0 Å². The zero-order valence-corrected chi connectivity index (χ0v) is 14.5. The van der Waals surface area contributed by atoms with Crippen LogP contribution in [-0.2, 0) is 0 Å². The minimum atomic E-state index is -0.211. The number of thioether (sulfide) groups is 1. The van der Waals surface area contributed by atoms with Crippen molar-refractivity contribution in [2.45, 2.75) is 23.2 Å². The van der Waals surface area contributed by atoms with Crippen molar-refractivity contribution in [3.63, 3.8) is 0 Å². The van der Waals surface area contributed by atoms with E-state index in [-0.39, 0.29) is 17.1 Å². The molecule has 0 saturated heterocycles. The van der Waals surface area contributed by atoms with Crippen LogP contribution >= 0.6 is 11.8 Å². The minimum Gasteiger partial charge on any atom is -0.508 e. The van der Waals surface area contributed by atoms with Gasteiger partial charge in [0.15, 0.2) is 0 Å². The number of aryl methyl sites for hydroxylation is 1. The Bertz CT molecular complexity index is 927. The lowest BCUT2D eigenvalue weighted by atomic mass is 10.00. The Morgan fingerprint density at radius 2 is 1.80 bits per heavy atom. The Labute approximate surface area is 152 Å². The topological polar surface area (TPSA) is 49.7 Å². The van der Waals surface area contributed by atoms with Gasteiger partial charge in [-0.05, 0) is 60.0 Å². The summed E-state index contributed by atoms with van der Waals surface area (Å²) in [5.41, 5.74) is 3.21. The zero-order valence-electron chi connectivity index (χ0n) is 14.7. The second-order valence-corrected chi connectivity index (χ2v) is 7.37. The Kier molecular flexibility index (Phi) is 3.75.